The molecule has 0 unspecified atom stereocenters. The molecule has 0 amide bonds. The molecule has 82 valence electrons. The van der Waals surface area contributed by atoms with E-state index in [2.05, 4.69) is 36.1 Å². The molecule has 0 radical (unpaired) electrons. The molecular formula is C13H19NO. The van der Waals surface area contributed by atoms with Crippen molar-refractivity contribution in [3.63, 3.8) is 0 Å². The highest BCUT2D eigenvalue weighted by Gasteiger charge is 2.28. The Kier molecular flexibility index (Phi) is 3.39. The SMILES string of the molecule is C[C@H](c1ccccc1)N1CCC[C@H]1CO. The van der Waals surface area contributed by atoms with Crippen LogP contribution in [0.1, 0.15) is 31.4 Å². The maximum Gasteiger partial charge on any atom is 0.0587 e. The molecule has 1 fully saturated rings. The molecule has 2 nitrogen and oxygen atoms in total. The lowest BCUT2D eigenvalue weighted by Gasteiger charge is -2.29. The monoisotopic (exact) mass is 205 g/mol. The van der Waals surface area contributed by atoms with E-state index in [0.717, 1.165) is 13.0 Å². The number of benzene rings is 1. The quantitative estimate of drug-likeness (QED) is 0.817. The molecule has 15 heavy (non-hydrogen) atoms. The summed E-state index contributed by atoms with van der Waals surface area (Å²) >= 11 is 0. The number of hydrogen-bond acceptors (Lipinski definition) is 2. The van der Waals surface area contributed by atoms with Crippen LogP contribution in [-0.4, -0.2) is 29.2 Å². The zero-order chi connectivity index (χ0) is 10.7. The van der Waals surface area contributed by atoms with Crippen LogP contribution in [0.4, 0.5) is 0 Å². The minimum absolute atomic E-state index is 0.289. The second kappa shape index (κ2) is 4.77. The Morgan fingerprint density at radius 2 is 2.13 bits per heavy atom. The van der Waals surface area contributed by atoms with Gasteiger partial charge in [0, 0.05) is 12.1 Å². The van der Waals surface area contributed by atoms with Crippen molar-refractivity contribution < 1.29 is 5.11 Å². The van der Waals surface area contributed by atoms with E-state index in [4.69, 9.17) is 0 Å². The molecule has 2 heteroatoms. The van der Waals surface area contributed by atoms with Crippen molar-refractivity contribution in [3.05, 3.63) is 35.9 Å². The lowest BCUT2D eigenvalue weighted by atomic mass is 10.1. The van der Waals surface area contributed by atoms with Gasteiger partial charge in [0.2, 0.25) is 0 Å². The van der Waals surface area contributed by atoms with Crippen LogP contribution in [0.2, 0.25) is 0 Å². The van der Waals surface area contributed by atoms with Gasteiger partial charge < -0.3 is 5.11 Å². The number of nitrogens with zero attached hydrogens (tertiary/aromatic N) is 1. The van der Waals surface area contributed by atoms with Gasteiger partial charge >= 0.3 is 0 Å². The Labute approximate surface area is 91.5 Å². The fraction of sp³-hybridized carbons (Fsp3) is 0.538. The maximum atomic E-state index is 9.29. The molecule has 1 aromatic carbocycles. The van der Waals surface area contributed by atoms with Crippen molar-refractivity contribution in [1.82, 2.24) is 4.90 Å². The van der Waals surface area contributed by atoms with E-state index in [1.54, 1.807) is 0 Å². The second-order valence-electron chi connectivity index (χ2n) is 4.30. The van der Waals surface area contributed by atoms with Crippen molar-refractivity contribution in [2.45, 2.75) is 31.8 Å². The predicted octanol–water partition coefficient (Wildman–Crippen LogP) is 2.20. The molecule has 1 saturated heterocycles. The van der Waals surface area contributed by atoms with Gasteiger partial charge in [0.25, 0.3) is 0 Å². The summed E-state index contributed by atoms with van der Waals surface area (Å²) in [5.74, 6) is 0. The van der Waals surface area contributed by atoms with E-state index >= 15 is 0 Å². The highest BCUT2D eigenvalue weighted by Crippen LogP contribution is 2.28. The van der Waals surface area contributed by atoms with Crippen molar-refractivity contribution in [1.29, 1.82) is 0 Å². The molecule has 1 aliphatic heterocycles. The molecule has 2 rings (SSSR count). The van der Waals surface area contributed by atoms with E-state index in [0.29, 0.717) is 12.1 Å². The summed E-state index contributed by atoms with van der Waals surface area (Å²) < 4.78 is 0. The molecule has 0 aromatic heterocycles. The van der Waals surface area contributed by atoms with Crippen LogP contribution in [0.5, 0.6) is 0 Å². The average molecular weight is 205 g/mol. The molecule has 1 N–H and O–H groups in total. The number of rotatable bonds is 3. The van der Waals surface area contributed by atoms with Gasteiger partial charge in [0.1, 0.15) is 0 Å². The largest absolute Gasteiger partial charge is 0.395 e. The fourth-order valence-corrected chi connectivity index (χ4v) is 2.49. The molecular weight excluding hydrogens is 186 g/mol. The summed E-state index contributed by atoms with van der Waals surface area (Å²) in [5.41, 5.74) is 1.35. The van der Waals surface area contributed by atoms with Crippen LogP contribution in [0.25, 0.3) is 0 Å². The van der Waals surface area contributed by atoms with Gasteiger partial charge in [-0.3, -0.25) is 4.90 Å². The van der Waals surface area contributed by atoms with Crippen molar-refractivity contribution >= 4 is 0 Å². The van der Waals surface area contributed by atoms with Gasteiger partial charge in [0.05, 0.1) is 6.61 Å². The highest BCUT2D eigenvalue weighted by molar-refractivity contribution is 5.18. The van der Waals surface area contributed by atoms with Gasteiger partial charge in [-0.15, -0.1) is 0 Å². The Hall–Kier alpha value is -0.860. The third-order valence-corrected chi connectivity index (χ3v) is 3.41. The van der Waals surface area contributed by atoms with E-state index in [1.165, 1.54) is 12.0 Å². The van der Waals surface area contributed by atoms with E-state index in [9.17, 15) is 5.11 Å². The molecule has 0 aliphatic carbocycles. The van der Waals surface area contributed by atoms with E-state index < -0.39 is 0 Å². The van der Waals surface area contributed by atoms with Crippen molar-refractivity contribution in [2.24, 2.45) is 0 Å². The standard InChI is InChI=1S/C13H19NO/c1-11(12-6-3-2-4-7-12)14-9-5-8-13(14)10-15/h2-4,6-7,11,13,15H,5,8-10H2,1H3/t11-,13+/m1/s1. The van der Waals surface area contributed by atoms with E-state index in [-0.39, 0.29) is 6.61 Å². The Morgan fingerprint density at radius 1 is 1.40 bits per heavy atom. The fourth-order valence-electron chi connectivity index (χ4n) is 2.49. The van der Waals surface area contributed by atoms with Crippen LogP contribution < -0.4 is 0 Å². The second-order valence-corrected chi connectivity index (χ2v) is 4.30. The summed E-state index contributed by atoms with van der Waals surface area (Å²) in [7, 11) is 0. The first-order valence-corrected chi connectivity index (χ1v) is 5.74. The van der Waals surface area contributed by atoms with Crippen LogP contribution >= 0.6 is 0 Å². The smallest absolute Gasteiger partial charge is 0.0587 e. The summed E-state index contributed by atoms with van der Waals surface area (Å²) in [6.45, 7) is 3.63. The Balaban J connectivity index is 2.10. The van der Waals surface area contributed by atoms with Gasteiger partial charge in [-0.2, -0.15) is 0 Å². The average Bonchev–Trinajstić information content (AvgIpc) is 2.77. The molecule has 2 atom stereocenters. The van der Waals surface area contributed by atoms with Crippen LogP contribution in [0.3, 0.4) is 0 Å². The molecule has 0 bridgehead atoms. The summed E-state index contributed by atoms with van der Waals surface area (Å²) in [5, 5.41) is 9.29. The first-order chi connectivity index (χ1) is 7.33. The normalized spacial score (nSPS) is 24.3. The van der Waals surface area contributed by atoms with Crippen molar-refractivity contribution in [3.8, 4) is 0 Å². The topological polar surface area (TPSA) is 23.5 Å². The van der Waals surface area contributed by atoms with Gasteiger partial charge in [-0.25, -0.2) is 0 Å². The third-order valence-electron chi connectivity index (χ3n) is 3.41. The Bertz CT molecular complexity index is 299. The number of likely N-dealkylation sites (tertiary alicyclic amines) is 1. The maximum absolute atomic E-state index is 9.29. The zero-order valence-corrected chi connectivity index (χ0v) is 9.26. The van der Waals surface area contributed by atoms with Gasteiger partial charge in [0.15, 0.2) is 0 Å². The lowest BCUT2D eigenvalue weighted by Crippen LogP contribution is -2.34. The van der Waals surface area contributed by atoms with Crippen LogP contribution in [0, 0.1) is 0 Å². The predicted molar refractivity (Wildman–Crippen MR) is 61.7 cm³/mol. The minimum atomic E-state index is 0.289. The molecule has 1 heterocycles. The molecule has 1 aromatic rings. The summed E-state index contributed by atoms with van der Waals surface area (Å²) in [6, 6.07) is 11.3. The number of aliphatic hydroxyl groups is 1. The lowest BCUT2D eigenvalue weighted by molar-refractivity contribution is 0.126. The van der Waals surface area contributed by atoms with E-state index in [1.807, 2.05) is 6.07 Å². The molecule has 0 spiro atoms. The van der Waals surface area contributed by atoms with Crippen LogP contribution in [0.15, 0.2) is 30.3 Å². The van der Waals surface area contributed by atoms with Gasteiger partial charge in [-0.05, 0) is 31.9 Å². The number of hydrogen-bond donors (Lipinski definition) is 1. The van der Waals surface area contributed by atoms with Gasteiger partial charge in [-0.1, -0.05) is 30.3 Å². The first-order valence-electron chi connectivity index (χ1n) is 5.74. The zero-order valence-electron chi connectivity index (χ0n) is 9.26. The third kappa shape index (κ3) is 2.21. The molecule has 1 aliphatic rings. The summed E-state index contributed by atoms with van der Waals surface area (Å²) in [6.07, 6.45) is 2.34. The minimum Gasteiger partial charge on any atom is -0.395 e. The Morgan fingerprint density at radius 3 is 2.80 bits per heavy atom. The number of aliphatic hydroxyl groups excluding tert-OH is 1. The highest BCUT2D eigenvalue weighted by atomic mass is 16.3. The summed E-state index contributed by atoms with van der Waals surface area (Å²) in [4.78, 5) is 2.41. The molecule has 0 saturated carbocycles. The van der Waals surface area contributed by atoms with Crippen molar-refractivity contribution in [2.75, 3.05) is 13.2 Å². The first kappa shape index (κ1) is 10.7. The van der Waals surface area contributed by atoms with Crippen LogP contribution in [-0.2, 0) is 0 Å².